The average Bonchev–Trinajstić information content (AvgIpc) is 2.29. The Kier molecular flexibility index (Phi) is 4.18. The molecule has 4 heteroatoms. The smallest absolute Gasteiger partial charge is 0.0930 e. The number of aliphatic imine (C=N–C) groups is 1. The number of nitrogens with one attached hydrogen (secondary N) is 1. The summed E-state index contributed by atoms with van der Waals surface area (Å²) >= 11 is 9.27. The van der Waals surface area contributed by atoms with Gasteiger partial charge in [-0.1, -0.05) is 39.7 Å². The Morgan fingerprint density at radius 1 is 1.12 bits per heavy atom. The second-order valence-corrected chi connectivity index (χ2v) is 4.74. The quantitative estimate of drug-likeness (QED) is 0.634. The lowest BCUT2D eigenvalue weighted by Crippen LogP contribution is -1.93. The number of nitrogens with zero attached hydrogens (tertiary/aromatic N) is 1. The van der Waals surface area contributed by atoms with Crippen molar-refractivity contribution >= 4 is 45.2 Å². The molecular formula is C13H10BrClN2. The normalized spacial score (nSPS) is 10.7. The molecule has 2 aromatic carbocycles. The number of hydrogen-bond donors (Lipinski definition) is 1. The van der Waals surface area contributed by atoms with Gasteiger partial charge in [0.2, 0.25) is 0 Å². The molecule has 0 saturated carbocycles. The van der Waals surface area contributed by atoms with Crippen LogP contribution in [-0.2, 0) is 0 Å². The molecule has 0 amide bonds. The number of rotatable bonds is 3. The molecule has 0 aromatic heterocycles. The molecule has 0 radical (unpaired) electrons. The maximum atomic E-state index is 5.87. The molecule has 0 saturated heterocycles. The van der Waals surface area contributed by atoms with Crippen LogP contribution in [0.15, 0.2) is 58.0 Å². The fraction of sp³-hybridized carbons (Fsp3) is 0. The Morgan fingerprint density at radius 3 is 2.71 bits per heavy atom. The van der Waals surface area contributed by atoms with Gasteiger partial charge in [0.1, 0.15) is 0 Å². The molecule has 2 nitrogen and oxygen atoms in total. The largest absolute Gasteiger partial charge is 0.346 e. The van der Waals surface area contributed by atoms with E-state index < -0.39 is 0 Å². The molecule has 0 heterocycles. The second-order valence-electron chi connectivity index (χ2n) is 3.39. The molecule has 86 valence electrons. The van der Waals surface area contributed by atoms with Gasteiger partial charge in [0.25, 0.3) is 0 Å². The molecule has 2 rings (SSSR count). The maximum Gasteiger partial charge on any atom is 0.0930 e. The van der Waals surface area contributed by atoms with Crippen molar-refractivity contribution < 1.29 is 0 Å². The van der Waals surface area contributed by atoms with Crippen molar-refractivity contribution in [3.8, 4) is 0 Å². The van der Waals surface area contributed by atoms with Crippen LogP contribution >= 0.6 is 27.5 Å². The summed E-state index contributed by atoms with van der Waals surface area (Å²) in [5, 5.41) is 3.76. The Labute approximate surface area is 113 Å². The zero-order valence-electron chi connectivity index (χ0n) is 8.90. The van der Waals surface area contributed by atoms with Crippen LogP contribution in [-0.4, -0.2) is 6.34 Å². The van der Waals surface area contributed by atoms with E-state index in [9.17, 15) is 0 Å². The lowest BCUT2D eigenvalue weighted by atomic mass is 10.3. The highest BCUT2D eigenvalue weighted by Crippen LogP contribution is 2.18. The zero-order valence-corrected chi connectivity index (χ0v) is 11.2. The summed E-state index contributed by atoms with van der Waals surface area (Å²) in [6.45, 7) is 0. The van der Waals surface area contributed by atoms with Gasteiger partial charge < -0.3 is 5.32 Å². The van der Waals surface area contributed by atoms with Gasteiger partial charge in [-0.2, -0.15) is 0 Å². The molecular weight excluding hydrogens is 300 g/mol. The van der Waals surface area contributed by atoms with Gasteiger partial charge in [-0.15, -0.1) is 0 Å². The van der Waals surface area contributed by atoms with Gasteiger partial charge in [-0.05, 0) is 36.4 Å². The third-order valence-corrected chi connectivity index (χ3v) is 2.81. The molecule has 0 unspecified atom stereocenters. The van der Waals surface area contributed by atoms with E-state index in [2.05, 4.69) is 26.2 Å². The van der Waals surface area contributed by atoms with E-state index in [0.717, 1.165) is 15.8 Å². The fourth-order valence-corrected chi connectivity index (χ4v) is 1.89. The van der Waals surface area contributed by atoms with Gasteiger partial charge in [-0.25, -0.2) is 4.99 Å². The third kappa shape index (κ3) is 3.88. The van der Waals surface area contributed by atoms with Gasteiger partial charge in [-0.3, -0.25) is 0 Å². The Bertz CT molecular complexity index is 540. The number of halogens is 2. The summed E-state index contributed by atoms with van der Waals surface area (Å²) < 4.78 is 1.01. The summed E-state index contributed by atoms with van der Waals surface area (Å²) in [6, 6.07) is 15.3. The van der Waals surface area contributed by atoms with Crippen molar-refractivity contribution in [2.75, 3.05) is 5.32 Å². The predicted molar refractivity (Wildman–Crippen MR) is 77.4 cm³/mol. The van der Waals surface area contributed by atoms with Gasteiger partial charge >= 0.3 is 0 Å². The first kappa shape index (κ1) is 12.1. The topological polar surface area (TPSA) is 24.4 Å². The first-order chi connectivity index (χ1) is 8.24. The zero-order chi connectivity index (χ0) is 12.1. The van der Waals surface area contributed by atoms with Crippen LogP contribution in [0.2, 0.25) is 5.02 Å². The lowest BCUT2D eigenvalue weighted by molar-refractivity contribution is 1.50. The summed E-state index contributed by atoms with van der Waals surface area (Å²) in [6.07, 6.45) is 1.65. The minimum absolute atomic E-state index is 0.700. The van der Waals surface area contributed by atoms with Gasteiger partial charge in [0.15, 0.2) is 0 Å². The minimum Gasteiger partial charge on any atom is -0.346 e. The summed E-state index contributed by atoms with van der Waals surface area (Å²) in [4.78, 5) is 4.28. The van der Waals surface area contributed by atoms with E-state index in [4.69, 9.17) is 11.6 Å². The van der Waals surface area contributed by atoms with Crippen LogP contribution in [0.1, 0.15) is 0 Å². The van der Waals surface area contributed by atoms with E-state index in [1.54, 1.807) is 6.34 Å². The molecule has 2 aromatic rings. The highest BCUT2D eigenvalue weighted by Gasteiger charge is 1.91. The third-order valence-electron chi connectivity index (χ3n) is 2.08. The maximum absolute atomic E-state index is 5.87. The van der Waals surface area contributed by atoms with Crippen LogP contribution in [0, 0.1) is 0 Å². The summed E-state index contributed by atoms with van der Waals surface area (Å²) in [5.74, 6) is 0. The Hall–Kier alpha value is -1.32. The molecule has 0 bridgehead atoms. The summed E-state index contributed by atoms with van der Waals surface area (Å²) in [5.41, 5.74) is 1.80. The van der Waals surface area contributed by atoms with Crippen molar-refractivity contribution in [3.05, 3.63) is 58.0 Å². The van der Waals surface area contributed by atoms with E-state index in [-0.39, 0.29) is 0 Å². The van der Waals surface area contributed by atoms with Gasteiger partial charge in [0.05, 0.1) is 12.0 Å². The SMILES string of the molecule is Clc1cccc(NC=Nc2cccc(Br)c2)c1. The fourth-order valence-electron chi connectivity index (χ4n) is 1.32. The monoisotopic (exact) mass is 308 g/mol. The standard InChI is InChI=1S/C13H10BrClN2/c14-10-3-1-5-12(7-10)16-9-17-13-6-2-4-11(15)8-13/h1-9H,(H,16,17). The predicted octanol–water partition coefficient (Wildman–Crippen LogP) is 4.87. The average molecular weight is 310 g/mol. The number of benzene rings is 2. The molecule has 17 heavy (non-hydrogen) atoms. The highest BCUT2D eigenvalue weighted by atomic mass is 79.9. The van der Waals surface area contributed by atoms with Crippen molar-refractivity contribution in [2.45, 2.75) is 0 Å². The van der Waals surface area contributed by atoms with E-state index in [1.165, 1.54) is 0 Å². The van der Waals surface area contributed by atoms with Crippen molar-refractivity contribution in [1.82, 2.24) is 0 Å². The van der Waals surface area contributed by atoms with Crippen molar-refractivity contribution in [2.24, 2.45) is 4.99 Å². The molecule has 0 fully saturated rings. The van der Waals surface area contributed by atoms with E-state index in [1.807, 2.05) is 48.5 Å². The van der Waals surface area contributed by atoms with Crippen LogP contribution in [0.4, 0.5) is 11.4 Å². The number of hydrogen-bond acceptors (Lipinski definition) is 1. The van der Waals surface area contributed by atoms with Crippen molar-refractivity contribution in [1.29, 1.82) is 0 Å². The van der Waals surface area contributed by atoms with E-state index in [0.29, 0.717) is 5.02 Å². The molecule has 1 N–H and O–H groups in total. The first-order valence-electron chi connectivity index (χ1n) is 5.04. The summed E-state index contributed by atoms with van der Waals surface area (Å²) in [7, 11) is 0. The van der Waals surface area contributed by atoms with Gasteiger partial charge in [0, 0.05) is 15.2 Å². The van der Waals surface area contributed by atoms with Crippen molar-refractivity contribution in [3.63, 3.8) is 0 Å². The minimum atomic E-state index is 0.700. The Morgan fingerprint density at radius 2 is 1.94 bits per heavy atom. The molecule has 0 atom stereocenters. The van der Waals surface area contributed by atoms with Crippen LogP contribution < -0.4 is 5.32 Å². The number of anilines is 1. The molecule has 0 spiro atoms. The second kappa shape index (κ2) is 5.84. The first-order valence-corrected chi connectivity index (χ1v) is 6.21. The van der Waals surface area contributed by atoms with Crippen LogP contribution in [0.3, 0.4) is 0 Å². The lowest BCUT2D eigenvalue weighted by Gasteiger charge is -2.00. The molecule has 0 aliphatic heterocycles. The van der Waals surface area contributed by atoms with E-state index >= 15 is 0 Å². The van der Waals surface area contributed by atoms with Crippen LogP contribution in [0.25, 0.3) is 0 Å². The Balaban J connectivity index is 2.03. The molecule has 0 aliphatic rings. The highest BCUT2D eigenvalue weighted by molar-refractivity contribution is 9.10. The van der Waals surface area contributed by atoms with Crippen LogP contribution in [0.5, 0.6) is 0 Å². The molecule has 0 aliphatic carbocycles.